The highest BCUT2D eigenvalue weighted by atomic mass is 32.2. The van der Waals surface area contributed by atoms with Crippen LogP contribution in [-0.4, -0.2) is 26.9 Å². The minimum Gasteiger partial charge on any atom is -0.326 e. The molecule has 20 heavy (non-hydrogen) atoms. The lowest BCUT2D eigenvalue weighted by Crippen LogP contribution is -2.29. The SMILES string of the molecule is CCC(C)(C)C(=O)Nc1ccc(S(=O)N2CC2=O)cc1. The maximum absolute atomic E-state index is 12.0. The topological polar surface area (TPSA) is 66.2 Å². The molecule has 1 aliphatic rings. The predicted octanol–water partition coefficient (Wildman–Crippen LogP) is 1.93. The zero-order valence-corrected chi connectivity index (χ0v) is 12.6. The molecule has 6 heteroatoms. The fourth-order valence-electron chi connectivity index (χ4n) is 1.48. The molecule has 0 radical (unpaired) electrons. The number of hydrogen-bond acceptors (Lipinski definition) is 3. The molecule has 1 aromatic rings. The van der Waals surface area contributed by atoms with Crippen molar-refractivity contribution in [2.24, 2.45) is 5.41 Å². The normalized spacial score (nSPS) is 15.9. The van der Waals surface area contributed by atoms with Crippen molar-refractivity contribution in [1.29, 1.82) is 0 Å². The molecule has 2 amide bonds. The second-order valence-corrected chi connectivity index (χ2v) is 6.81. The summed E-state index contributed by atoms with van der Waals surface area (Å²) in [6.45, 7) is 5.98. The molecular formula is C14H18N2O3S. The number of nitrogens with one attached hydrogen (secondary N) is 1. The van der Waals surface area contributed by atoms with Gasteiger partial charge in [0.25, 0.3) is 5.91 Å². The number of rotatable bonds is 5. The summed E-state index contributed by atoms with van der Waals surface area (Å²) >= 11 is 0. The van der Waals surface area contributed by atoms with Gasteiger partial charge in [0.15, 0.2) is 11.0 Å². The third-order valence-corrected chi connectivity index (χ3v) is 4.87. The van der Waals surface area contributed by atoms with E-state index in [9.17, 15) is 13.8 Å². The van der Waals surface area contributed by atoms with Crippen molar-refractivity contribution < 1.29 is 13.8 Å². The predicted molar refractivity (Wildman–Crippen MR) is 77.3 cm³/mol. The molecule has 0 aliphatic carbocycles. The summed E-state index contributed by atoms with van der Waals surface area (Å²) in [4.78, 5) is 23.5. The van der Waals surface area contributed by atoms with Crippen LogP contribution in [0, 0.1) is 5.41 Å². The van der Waals surface area contributed by atoms with Gasteiger partial charge in [-0.05, 0) is 30.7 Å². The fraction of sp³-hybridized carbons (Fsp3) is 0.429. The van der Waals surface area contributed by atoms with Gasteiger partial charge in [0.2, 0.25) is 5.91 Å². The lowest BCUT2D eigenvalue weighted by Gasteiger charge is -2.21. The molecule has 1 heterocycles. The van der Waals surface area contributed by atoms with Gasteiger partial charge in [0.1, 0.15) is 6.54 Å². The Bertz CT molecular complexity index is 566. The molecule has 0 bridgehead atoms. The van der Waals surface area contributed by atoms with Gasteiger partial charge in [-0.25, -0.2) is 8.51 Å². The van der Waals surface area contributed by atoms with Gasteiger partial charge in [-0.1, -0.05) is 20.8 Å². The summed E-state index contributed by atoms with van der Waals surface area (Å²) in [7, 11) is -1.42. The van der Waals surface area contributed by atoms with Crippen LogP contribution < -0.4 is 5.32 Å². The van der Waals surface area contributed by atoms with Gasteiger partial charge < -0.3 is 5.32 Å². The van der Waals surface area contributed by atoms with E-state index in [2.05, 4.69) is 5.32 Å². The van der Waals surface area contributed by atoms with E-state index in [1.165, 1.54) is 4.31 Å². The molecule has 5 nitrogen and oxygen atoms in total. The third kappa shape index (κ3) is 3.07. The van der Waals surface area contributed by atoms with Gasteiger partial charge in [-0.15, -0.1) is 0 Å². The largest absolute Gasteiger partial charge is 0.326 e. The summed E-state index contributed by atoms with van der Waals surface area (Å²) in [5.41, 5.74) is 0.238. The molecule has 0 spiro atoms. The van der Waals surface area contributed by atoms with Gasteiger partial charge in [-0.2, -0.15) is 0 Å². The third-order valence-electron chi connectivity index (χ3n) is 3.47. The van der Waals surface area contributed by atoms with Crippen LogP contribution in [-0.2, 0) is 20.6 Å². The minimum absolute atomic E-state index is 0.0463. The Labute approximate surface area is 120 Å². The van der Waals surface area contributed by atoms with Crippen LogP contribution in [0.15, 0.2) is 29.2 Å². The van der Waals surface area contributed by atoms with Crippen LogP contribution in [0.2, 0.25) is 0 Å². The van der Waals surface area contributed by atoms with Crippen LogP contribution in [0.1, 0.15) is 27.2 Å². The van der Waals surface area contributed by atoms with E-state index in [0.717, 1.165) is 6.42 Å². The Morgan fingerprint density at radius 2 is 1.90 bits per heavy atom. The maximum Gasteiger partial charge on any atom is 0.255 e. The van der Waals surface area contributed by atoms with Gasteiger partial charge in [0.05, 0.1) is 4.90 Å². The monoisotopic (exact) mass is 294 g/mol. The Hall–Kier alpha value is -1.69. The molecule has 0 saturated carbocycles. The number of carbonyl (C=O) groups is 2. The molecule has 1 aliphatic heterocycles. The second kappa shape index (κ2) is 5.36. The Balaban J connectivity index is 2.03. The average Bonchev–Trinajstić information content (AvgIpc) is 3.16. The first kappa shape index (κ1) is 14.7. The lowest BCUT2D eigenvalue weighted by atomic mass is 9.89. The highest BCUT2D eigenvalue weighted by Gasteiger charge is 2.36. The number of anilines is 1. The van der Waals surface area contributed by atoms with E-state index < -0.39 is 16.4 Å². The highest BCUT2D eigenvalue weighted by molar-refractivity contribution is 7.83. The quantitative estimate of drug-likeness (QED) is 0.844. The Morgan fingerprint density at radius 1 is 1.35 bits per heavy atom. The van der Waals surface area contributed by atoms with E-state index >= 15 is 0 Å². The van der Waals surface area contributed by atoms with Crippen LogP contribution >= 0.6 is 0 Å². The second-order valence-electron chi connectivity index (χ2n) is 5.40. The number of benzene rings is 1. The van der Waals surface area contributed by atoms with E-state index in [4.69, 9.17) is 0 Å². The first-order chi connectivity index (χ1) is 9.35. The summed E-state index contributed by atoms with van der Waals surface area (Å²) < 4.78 is 13.2. The molecule has 1 unspecified atom stereocenters. The standard InChI is InChI=1S/C14H18N2O3S/c1-4-14(2,3)13(18)15-10-5-7-11(8-6-10)20(19)16-9-12(16)17/h5-8H,4,9H2,1-3H3,(H,15,18). The van der Waals surface area contributed by atoms with Crippen molar-refractivity contribution in [2.45, 2.75) is 32.1 Å². The molecule has 1 fully saturated rings. The molecule has 0 aromatic heterocycles. The number of nitrogens with zero attached hydrogens (tertiary/aromatic N) is 1. The molecular weight excluding hydrogens is 276 g/mol. The number of amides is 2. The smallest absolute Gasteiger partial charge is 0.255 e. The first-order valence-electron chi connectivity index (χ1n) is 6.49. The summed E-state index contributed by atoms with van der Waals surface area (Å²) in [5.74, 6) is -0.152. The summed E-state index contributed by atoms with van der Waals surface area (Å²) in [6.07, 6.45) is 0.748. The van der Waals surface area contributed by atoms with Crippen molar-refractivity contribution in [1.82, 2.24) is 4.31 Å². The van der Waals surface area contributed by atoms with Crippen LogP contribution in [0.25, 0.3) is 0 Å². The molecule has 1 saturated heterocycles. The highest BCUT2D eigenvalue weighted by Crippen LogP contribution is 2.24. The zero-order valence-electron chi connectivity index (χ0n) is 11.8. The van der Waals surface area contributed by atoms with E-state index in [1.807, 2.05) is 20.8 Å². The fourth-order valence-corrected chi connectivity index (χ4v) is 2.52. The van der Waals surface area contributed by atoms with Crippen LogP contribution in [0.5, 0.6) is 0 Å². The van der Waals surface area contributed by atoms with Crippen LogP contribution in [0.3, 0.4) is 0 Å². The number of carbonyl (C=O) groups excluding carboxylic acids is 2. The molecule has 1 atom stereocenters. The summed E-state index contributed by atoms with van der Waals surface area (Å²) in [6, 6.07) is 6.72. The molecule has 1 N–H and O–H groups in total. The molecule has 108 valence electrons. The average molecular weight is 294 g/mol. The Morgan fingerprint density at radius 3 is 2.35 bits per heavy atom. The lowest BCUT2D eigenvalue weighted by molar-refractivity contribution is -0.124. The van der Waals surface area contributed by atoms with Gasteiger partial charge in [0, 0.05) is 11.1 Å². The van der Waals surface area contributed by atoms with E-state index in [-0.39, 0.29) is 18.4 Å². The minimum atomic E-state index is -1.42. The van der Waals surface area contributed by atoms with Crippen molar-refractivity contribution in [2.75, 3.05) is 11.9 Å². The van der Waals surface area contributed by atoms with Crippen molar-refractivity contribution in [3.8, 4) is 0 Å². The van der Waals surface area contributed by atoms with Crippen molar-refractivity contribution >= 4 is 28.5 Å². The Kier molecular flexibility index (Phi) is 3.94. The molecule has 2 rings (SSSR count). The van der Waals surface area contributed by atoms with Crippen molar-refractivity contribution in [3.05, 3.63) is 24.3 Å². The van der Waals surface area contributed by atoms with Crippen molar-refractivity contribution in [3.63, 3.8) is 0 Å². The zero-order chi connectivity index (χ0) is 14.9. The van der Waals surface area contributed by atoms with Crippen LogP contribution in [0.4, 0.5) is 5.69 Å². The first-order valence-corrected chi connectivity index (χ1v) is 7.59. The van der Waals surface area contributed by atoms with Gasteiger partial charge in [-0.3, -0.25) is 9.59 Å². The molecule has 1 aromatic carbocycles. The van der Waals surface area contributed by atoms with Gasteiger partial charge >= 0.3 is 0 Å². The van der Waals surface area contributed by atoms with E-state index in [0.29, 0.717) is 10.6 Å². The number of hydrogen-bond donors (Lipinski definition) is 1. The maximum atomic E-state index is 12.0. The summed E-state index contributed by atoms with van der Waals surface area (Å²) in [5, 5.41) is 2.83. The van der Waals surface area contributed by atoms with E-state index in [1.54, 1.807) is 24.3 Å².